The van der Waals surface area contributed by atoms with E-state index >= 15 is 0 Å². The summed E-state index contributed by atoms with van der Waals surface area (Å²) in [7, 11) is 0. The minimum absolute atomic E-state index is 0.509. The Morgan fingerprint density at radius 2 is 1.89 bits per heavy atom. The second-order valence-electron chi connectivity index (χ2n) is 6.89. The molecule has 0 atom stereocenters. The van der Waals surface area contributed by atoms with E-state index in [2.05, 4.69) is 52.3 Å². The van der Waals surface area contributed by atoms with Crippen LogP contribution in [0.15, 0.2) is 6.07 Å². The van der Waals surface area contributed by atoms with Gasteiger partial charge in [-0.2, -0.15) is 16.9 Å². The molecule has 146 valence electrons. The van der Waals surface area contributed by atoms with Gasteiger partial charge in [0.05, 0.1) is 22.0 Å². The van der Waals surface area contributed by atoms with E-state index in [1.165, 1.54) is 5.56 Å². The summed E-state index contributed by atoms with van der Waals surface area (Å²) >= 11 is 3.53. The molecular formula is C20H29N5S2. The van der Waals surface area contributed by atoms with Gasteiger partial charge >= 0.3 is 0 Å². The molecule has 0 bridgehead atoms. The van der Waals surface area contributed by atoms with Crippen molar-refractivity contribution in [3.8, 4) is 10.6 Å². The van der Waals surface area contributed by atoms with E-state index in [1.807, 2.05) is 16.3 Å². The van der Waals surface area contributed by atoms with Crippen LogP contribution in [0.5, 0.6) is 0 Å². The summed E-state index contributed by atoms with van der Waals surface area (Å²) in [6.45, 7) is 11.6. The summed E-state index contributed by atoms with van der Waals surface area (Å²) in [5.41, 5.74) is 6.46. The first-order valence-electron chi connectivity index (χ1n) is 9.57. The molecule has 0 aliphatic heterocycles. The molecule has 0 spiro atoms. The van der Waals surface area contributed by atoms with Gasteiger partial charge in [-0.1, -0.05) is 25.2 Å². The van der Waals surface area contributed by atoms with E-state index in [0.717, 1.165) is 63.6 Å². The van der Waals surface area contributed by atoms with Crippen molar-refractivity contribution in [2.45, 2.75) is 53.4 Å². The summed E-state index contributed by atoms with van der Waals surface area (Å²) in [5.74, 6) is 1.58. The van der Waals surface area contributed by atoms with Crippen LogP contribution in [-0.2, 0) is 0 Å². The molecule has 3 heterocycles. The third-order valence-electron chi connectivity index (χ3n) is 4.93. The monoisotopic (exact) mass is 403 g/mol. The predicted octanol–water partition coefficient (Wildman–Crippen LogP) is 5.46. The van der Waals surface area contributed by atoms with Gasteiger partial charge in [0, 0.05) is 17.9 Å². The number of anilines is 1. The van der Waals surface area contributed by atoms with Crippen molar-refractivity contribution in [3.05, 3.63) is 28.7 Å². The standard InChI is InChI=1S/C20H29N5S2/c1-7-15(8-2)16-11-12(3)24-25-17(13(4)22-19(16)25)18-14(5)23-20(27-18)21-9-10-26-6/h11,15H,7-10H2,1-6H3,(H,21,23). The fraction of sp³-hybridized carbons (Fsp3) is 0.550. The lowest BCUT2D eigenvalue weighted by molar-refractivity contribution is 0.638. The summed E-state index contributed by atoms with van der Waals surface area (Å²) in [5, 5.41) is 9.22. The molecule has 0 saturated heterocycles. The van der Waals surface area contributed by atoms with Crippen LogP contribution in [0, 0.1) is 20.8 Å². The quantitative estimate of drug-likeness (QED) is 0.506. The number of nitrogens with one attached hydrogen (secondary N) is 1. The molecule has 0 aliphatic rings. The molecule has 0 amide bonds. The minimum Gasteiger partial charge on any atom is -0.361 e. The van der Waals surface area contributed by atoms with Gasteiger partial charge in [-0.25, -0.2) is 14.5 Å². The Kier molecular flexibility index (Phi) is 6.42. The van der Waals surface area contributed by atoms with Gasteiger partial charge in [-0.3, -0.25) is 0 Å². The Morgan fingerprint density at radius 3 is 2.56 bits per heavy atom. The van der Waals surface area contributed by atoms with Gasteiger partial charge in [-0.05, 0) is 51.9 Å². The van der Waals surface area contributed by atoms with Crippen LogP contribution in [0.4, 0.5) is 5.13 Å². The third kappa shape index (κ3) is 3.99. The van der Waals surface area contributed by atoms with Crippen LogP contribution >= 0.6 is 23.1 Å². The van der Waals surface area contributed by atoms with Gasteiger partial charge in [0.1, 0.15) is 5.69 Å². The normalized spacial score (nSPS) is 11.7. The van der Waals surface area contributed by atoms with E-state index in [1.54, 1.807) is 11.3 Å². The Labute approximate surface area is 170 Å². The number of rotatable bonds is 8. The van der Waals surface area contributed by atoms with E-state index in [0.29, 0.717) is 5.92 Å². The predicted molar refractivity (Wildman–Crippen MR) is 119 cm³/mol. The van der Waals surface area contributed by atoms with Gasteiger partial charge in [-0.15, -0.1) is 0 Å². The van der Waals surface area contributed by atoms with Crippen LogP contribution in [-0.4, -0.2) is 38.1 Å². The van der Waals surface area contributed by atoms with Crippen molar-refractivity contribution in [1.29, 1.82) is 0 Å². The average Bonchev–Trinajstić information content (AvgIpc) is 3.15. The molecule has 0 aliphatic carbocycles. The van der Waals surface area contributed by atoms with Crippen molar-refractivity contribution < 1.29 is 0 Å². The molecule has 1 N–H and O–H groups in total. The molecule has 3 aromatic rings. The zero-order valence-corrected chi connectivity index (χ0v) is 18.7. The molecular weight excluding hydrogens is 374 g/mol. The number of thiazole rings is 1. The van der Waals surface area contributed by atoms with Crippen molar-refractivity contribution in [3.63, 3.8) is 0 Å². The highest BCUT2D eigenvalue weighted by atomic mass is 32.2. The molecule has 0 aromatic carbocycles. The van der Waals surface area contributed by atoms with E-state index < -0.39 is 0 Å². The lowest BCUT2D eigenvalue weighted by Gasteiger charge is -2.14. The van der Waals surface area contributed by atoms with E-state index in [4.69, 9.17) is 15.1 Å². The van der Waals surface area contributed by atoms with Crippen molar-refractivity contribution >= 4 is 33.9 Å². The number of aryl methyl sites for hydroxylation is 3. The van der Waals surface area contributed by atoms with Gasteiger partial charge in [0.2, 0.25) is 0 Å². The zero-order valence-electron chi connectivity index (χ0n) is 17.1. The Bertz CT molecular complexity index is 924. The number of hydrogen-bond donors (Lipinski definition) is 1. The second-order valence-corrected chi connectivity index (χ2v) is 8.87. The second kappa shape index (κ2) is 8.61. The molecule has 7 heteroatoms. The van der Waals surface area contributed by atoms with Gasteiger partial charge in [0.15, 0.2) is 10.8 Å². The van der Waals surface area contributed by atoms with Crippen LogP contribution in [0.25, 0.3) is 16.2 Å². The Hall–Kier alpha value is -1.60. The first-order chi connectivity index (χ1) is 13.0. The number of hydrogen-bond acceptors (Lipinski definition) is 6. The van der Waals surface area contributed by atoms with E-state index in [9.17, 15) is 0 Å². The van der Waals surface area contributed by atoms with Crippen LogP contribution in [0.1, 0.15) is 55.3 Å². The van der Waals surface area contributed by atoms with Crippen LogP contribution in [0.3, 0.4) is 0 Å². The molecule has 0 radical (unpaired) electrons. The van der Waals surface area contributed by atoms with Gasteiger partial charge in [0.25, 0.3) is 0 Å². The third-order valence-corrected chi connectivity index (χ3v) is 6.66. The molecule has 27 heavy (non-hydrogen) atoms. The lowest BCUT2D eigenvalue weighted by Crippen LogP contribution is -2.05. The topological polar surface area (TPSA) is 55.1 Å². The fourth-order valence-electron chi connectivity index (χ4n) is 3.52. The minimum atomic E-state index is 0.509. The highest BCUT2D eigenvalue weighted by Crippen LogP contribution is 2.37. The molecule has 0 fully saturated rings. The molecule has 3 aromatic heterocycles. The Balaban J connectivity index is 2.12. The molecule has 0 unspecified atom stereocenters. The number of thioether (sulfide) groups is 1. The summed E-state index contributed by atoms with van der Waals surface area (Å²) in [6.07, 6.45) is 4.34. The number of fused-ring (bicyclic) bond motifs is 1. The van der Waals surface area contributed by atoms with Crippen molar-refractivity contribution in [2.75, 3.05) is 23.9 Å². The molecule has 3 rings (SSSR count). The average molecular weight is 404 g/mol. The fourth-order valence-corrected chi connectivity index (χ4v) is 4.90. The maximum Gasteiger partial charge on any atom is 0.183 e. The Morgan fingerprint density at radius 1 is 1.15 bits per heavy atom. The van der Waals surface area contributed by atoms with Crippen LogP contribution < -0.4 is 5.32 Å². The number of aromatic nitrogens is 4. The highest BCUT2D eigenvalue weighted by Gasteiger charge is 2.22. The number of imidazole rings is 1. The summed E-state index contributed by atoms with van der Waals surface area (Å²) in [6, 6.07) is 2.21. The maximum absolute atomic E-state index is 4.93. The van der Waals surface area contributed by atoms with E-state index in [-0.39, 0.29) is 0 Å². The molecule has 5 nitrogen and oxygen atoms in total. The van der Waals surface area contributed by atoms with Crippen molar-refractivity contribution in [2.24, 2.45) is 0 Å². The highest BCUT2D eigenvalue weighted by molar-refractivity contribution is 7.98. The zero-order chi connectivity index (χ0) is 19.6. The summed E-state index contributed by atoms with van der Waals surface area (Å²) in [4.78, 5) is 10.8. The smallest absolute Gasteiger partial charge is 0.183 e. The summed E-state index contributed by atoms with van der Waals surface area (Å²) < 4.78 is 2.05. The number of nitrogens with zero attached hydrogens (tertiary/aromatic N) is 4. The molecule has 0 saturated carbocycles. The van der Waals surface area contributed by atoms with Crippen molar-refractivity contribution in [1.82, 2.24) is 19.6 Å². The first kappa shape index (κ1) is 20.1. The van der Waals surface area contributed by atoms with Gasteiger partial charge < -0.3 is 5.32 Å². The SMILES string of the molecule is CCC(CC)c1cc(C)nn2c(-c3sc(NCCSC)nc3C)c(C)nc12. The largest absolute Gasteiger partial charge is 0.361 e. The first-order valence-corrected chi connectivity index (χ1v) is 11.8. The lowest BCUT2D eigenvalue weighted by atomic mass is 9.95. The van der Waals surface area contributed by atoms with Crippen LogP contribution in [0.2, 0.25) is 0 Å². The maximum atomic E-state index is 4.93.